The van der Waals surface area contributed by atoms with Crippen molar-refractivity contribution >= 4 is 5.97 Å². The van der Waals surface area contributed by atoms with Crippen molar-refractivity contribution in [2.75, 3.05) is 46.4 Å². The third kappa shape index (κ3) is 23.0. The predicted molar refractivity (Wildman–Crippen MR) is 98.3 cm³/mol. The van der Waals surface area contributed by atoms with Gasteiger partial charge in [0, 0.05) is 26.4 Å². The second kappa shape index (κ2) is 21.0. The standard InChI is InChI=1S/C9H21N3.C6H6O.C3H6O2.Zn/c1-4-10-6-2-8-12-9-3-7-11-5-1;7-6-4-2-1-3-5-6;1-3(4)5-2;/h10-12H,1-9H2;1-5,7H;1-2H3;. The fourth-order valence-corrected chi connectivity index (χ4v) is 1.82. The van der Waals surface area contributed by atoms with Crippen LogP contribution in [0.4, 0.5) is 0 Å². The second-order valence-electron chi connectivity index (χ2n) is 5.34. The van der Waals surface area contributed by atoms with Crippen molar-refractivity contribution in [2.24, 2.45) is 0 Å². The first-order valence-corrected chi connectivity index (χ1v) is 8.57. The van der Waals surface area contributed by atoms with Crippen LogP contribution in [-0.4, -0.2) is 57.5 Å². The second-order valence-corrected chi connectivity index (χ2v) is 5.34. The molecule has 1 saturated heterocycles. The van der Waals surface area contributed by atoms with Crippen molar-refractivity contribution in [3.8, 4) is 5.75 Å². The molecular formula is C18H33N3O3Zn. The molecule has 0 radical (unpaired) electrons. The van der Waals surface area contributed by atoms with E-state index in [0.717, 1.165) is 39.3 Å². The summed E-state index contributed by atoms with van der Waals surface area (Å²) in [5.41, 5.74) is 0. The Labute approximate surface area is 164 Å². The Morgan fingerprint density at radius 3 is 1.40 bits per heavy atom. The molecule has 0 unspecified atom stereocenters. The van der Waals surface area contributed by atoms with Crippen LogP contribution in [0.25, 0.3) is 0 Å². The summed E-state index contributed by atoms with van der Waals surface area (Å²) in [5.74, 6) is 0.0764. The van der Waals surface area contributed by atoms with Crippen LogP contribution in [0.1, 0.15) is 26.2 Å². The average Bonchev–Trinajstić information content (AvgIpc) is 2.57. The van der Waals surface area contributed by atoms with Gasteiger partial charge in [-0.25, -0.2) is 0 Å². The normalized spacial score (nSPS) is 15.3. The maximum atomic E-state index is 9.59. The van der Waals surface area contributed by atoms with E-state index >= 15 is 0 Å². The van der Waals surface area contributed by atoms with Crippen molar-refractivity contribution in [3.63, 3.8) is 0 Å². The first-order chi connectivity index (χ1) is 11.7. The van der Waals surface area contributed by atoms with E-state index in [0.29, 0.717) is 5.75 Å². The summed E-state index contributed by atoms with van der Waals surface area (Å²) in [6, 6.07) is 8.71. The first kappa shape index (κ1) is 26.2. The van der Waals surface area contributed by atoms with E-state index in [2.05, 4.69) is 20.7 Å². The fourth-order valence-electron chi connectivity index (χ4n) is 1.82. The summed E-state index contributed by atoms with van der Waals surface area (Å²) in [4.78, 5) is 9.59. The Hall–Kier alpha value is -1.01. The van der Waals surface area contributed by atoms with E-state index in [-0.39, 0.29) is 25.4 Å². The number of para-hydroxylation sites is 1. The van der Waals surface area contributed by atoms with Gasteiger partial charge in [-0.3, -0.25) is 4.79 Å². The Morgan fingerprint density at radius 2 is 1.20 bits per heavy atom. The zero-order valence-corrected chi connectivity index (χ0v) is 18.7. The molecule has 1 aromatic carbocycles. The monoisotopic (exact) mass is 403 g/mol. The summed E-state index contributed by atoms with van der Waals surface area (Å²) >= 11 is 0. The van der Waals surface area contributed by atoms with Crippen LogP contribution < -0.4 is 16.0 Å². The number of hydrogen-bond acceptors (Lipinski definition) is 6. The van der Waals surface area contributed by atoms with Gasteiger partial charge >= 0.3 is 5.97 Å². The molecule has 0 spiro atoms. The number of nitrogens with one attached hydrogen (secondary N) is 3. The Bertz CT molecular complexity index is 351. The third-order valence-electron chi connectivity index (χ3n) is 3.16. The molecule has 0 atom stereocenters. The Morgan fingerprint density at radius 1 is 0.880 bits per heavy atom. The number of hydrogen-bond donors (Lipinski definition) is 4. The molecule has 1 fully saturated rings. The number of carbonyl (C=O) groups excluding carboxylic acids is 1. The van der Waals surface area contributed by atoms with E-state index in [1.807, 2.05) is 6.07 Å². The third-order valence-corrected chi connectivity index (χ3v) is 3.16. The number of aromatic hydroxyl groups is 1. The van der Waals surface area contributed by atoms with Crippen molar-refractivity contribution in [2.45, 2.75) is 26.2 Å². The van der Waals surface area contributed by atoms with Crippen molar-refractivity contribution in [1.82, 2.24) is 16.0 Å². The summed E-state index contributed by atoms with van der Waals surface area (Å²) in [6.07, 6.45) is 3.77. The minimum Gasteiger partial charge on any atom is -0.508 e. The first-order valence-electron chi connectivity index (χ1n) is 8.57. The van der Waals surface area contributed by atoms with Gasteiger partial charge in [-0.2, -0.15) is 0 Å². The van der Waals surface area contributed by atoms with Gasteiger partial charge in [0.25, 0.3) is 0 Å². The number of carbonyl (C=O) groups is 1. The number of ether oxygens (including phenoxy) is 1. The van der Waals surface area contributed by atoms with E-state index in [4.69, 9.17) is 5.11 Å². The Balaban J connectivity index is 0. The molecule has 25 heavy (non-hydrogen) atoms. The minimum absolute atomic E-state index is 0. The molecular weight excluding hydrogens is 372 g/mol. The molecule has 6 nitrogen and oxygen atoms in total. The van der Waals surface area contributed by atoms with Crippen LogP contribution in [0.15, 0.2) is 30.3 Å². The van der Waals surface area contributed by atoms with Crippen molar-refractivity contribution in [1.29, 1.82) is 0 Å². The molecule has 0 aromatic heterocycles. The van der Waals surface area contributed by atoms with Crippen molar-refractivity contribution < 1.29 is 34.1 Å². The smallest absolute Gasteiger partial charge is 0.302 e. The van der Waals surface area contributed by atoms with Gasteiger partial charge in [-0.15, -0.1) is 0 Å². The van der Waals surface area contributed by atoms with Gasteiger partial charge in [-0.05, 0) is 70.7 Å². The van der Waals surface area contributed by atoms with Gasteiger partial charge in [0.2, 0.25) is 0 Å². The van der Waals surface area contributed by atoms with Crippen LogP contribution in [-0.2, 0) is 29.0 Å². The molecule has 1 heterocycles. The predicted octanol–water partition coefficient (Wildman–Crippen LogP) is 1.51. The number of methoxy groups -OCH3 is 1. The number of benzene rings is 1. The molecule has 2 rings (SSSR count). The topological polar surface area (TPSA) is 82.6 Å². The number of phenolic OH excluding ortho intramolecular Hbond substituents is 1. The average molecular weight is 405 g/mol. The van der Waals surface area contributed by atoms with Crippen LogP contribution in [0.5, 0.6) is 5.75 Å². The number of phenols is 1. The van der Waals surface area contributed by atoms with E-state index in [1.165, 1.54) is 33.3 Å². The molecule has 0 bridgehead atoms. The number of rotatable bonds is 0. The summed E-state index contributed by atoms with van der Waals surface area (Å²) in [5, 5.41) is 18.9. The van der Waals surface area contributed by atoms with E-state index in [9.17, 15) is 4.79 Å². The summed E-state index contributed by atoms with van der Waals surface area (Å²) in [6.45, 7) is 8.32. The summed E-state index contributed by atoms with van der Waals surface area (Å²) < 4.78 is 4.11. The van der Waals surface area contributed by atoms with Gasteiger partial charge < -0.3 is 25.8 Å². The Kier molecular flexibility index (Phi) is 22.1. The maximum Gasteiger partial charge on any atom is 0.302 e. The summed E-state index contributed by atoms with van der Waals surface area (Å²) in [7, 11) is 1.35. The van der Waals surface area contributed by atoms with Crippen molar-refractivity contribution in [3.05, 3.63) is 30.3 Å². The zero-order chi connectivity index (χ0) is 17.9. The van der Waals surface area contributed by atoms with Crippen LogP contribution in [0.3, 0.4) is 0 Å². The molecule has 0 aliphatic carbocycles. The zero-order valence-electron chi connectivity index (χ0n) is 15.7. The largest absolute Gasteiger partial charge is 0.508 e. The van der Waals surface area contributed by atoms with E-state index < -0.39 is 0 Å². The van der Waals surface area contributed by atoms with Crippen LogP contribution in [0.2, 0.25) is 0 Å². The van der Waals surface area contributed by atoms with Gasteiger partial charge in [0.15, 0.2) is 0 Å². The SMILES string of the molecule is C1CNCCCNCCCNC1.COC(C)=O.Oc1ccccc1.[Zn]. The molecule has 0 amide bonds. The molecule has 140 valence electrons. The van der Waals surface area contributed by atoms with Gasteiger partial charge in [0.1, 0.15) is 5.75 Å². The number of esters is 1. The molecule has 4 N–H and O–H groups in total. The molecule has 0 saturated carbocycles. The molecule has 1 aliphatic rings. The quantitative estimate of drug-likeness (QED) is 0.387. The molecule has 7 heteroatoms. The molecule has 1 aliphatic heterocycles. The minimum atomic E-state index is -0.245. The molecule has 1 aromatic rings. The van der Waals surface area contributed by atoms with Crippen LogP contribution in [0, 0.1) is 0 Å². The van der Waals surface area contributed by atoms with E-state index in [1.54, 1.807) is 24.3 Å². The maximum absolute atomic E-state index is 9.59. The van der Waals surface area contributed by atoms with Crippen LogP contribution >= 0.6 is 0 Å². The van der Waals surface area contributed by atoms with Gasteiger partial charge in [-0.1, -0.05) is 18.2 Å². The fraction of sp³-hybridized carbons (Fsp3) is 0.611. The van der Waals surface area contributed by atoms with Gasteiger partial charge in [0.05, 0.1) is 7.11 Å².